The third-order valence-corrected chi connectivity index (χ3v) is 3.27. The molecule has 1 aromatic carbocycles. The number of aromatic hydroxyl groups is 1. The van der Waals surface area contributed by atoms with Gasteiger partial charge >= 0.3 is 6.03 Å². The van der Waals surface area contributed by atoms with Crippen molar-refractivity contribution in [2.24, 2.45) is 16.5 Å². The number of rotatable bonds is 8. The number of benzene rings is 1. The first-order valence-corrected chi connectivity index (χ1v) is 8.08. The summed E-state index contributed by atoms with van der Waals surface area (Å²) in [6.45, 7) is 2.99. The average Bonchev–Trinajstić information content (AvgIpc) is 2.57. The van der Waals surface area contributed by atoms with Gasteiger partial charge in [-0.1, -0.05) is 12.1 Å². The van der Waals surface area contributed by atoms with E-state index >= 15 is 0 Å². The molecule has 3 amide bonds. The summed E-state index contributed by atoms with van der Waals surface area (Å²) in [5.41, 5.74) is 12.3. The fourth-order valence-electron chi connectivity index (χ4n) is 1.94. The van der Waals surface area contributed by atoms with Crippen molar-refractivity contribution in [3.63, 3.8) is 0 Å². The zero-order valence-corrected chi connectivity index (χ0v) is 14.3. The number of hydrogen-bond acceptors (Lipinski definition) is 5. The van der Waals surface area contributed by atoms with Crippen molar-refractivity contribution in [3.05, 3.63) is 29.8 Å². The number of hydrogen-bond donors (Lipinski definition) is 6. The molecule has 0 aliphatic carbocycles. The van der Waals surface area contributed by atoms with E-state index in [1.807, 2.05) is 0 Å². The maximum absolute atomic E-state index is 11.9. The van der Waals surface area contributed by atoms with Gasteiger partial charge in [0, 0.05) is 19.6 Å². The number of carbonyl (C=O) groups excluding carboxylic acids is 2. The number of aliphatic imine (C=N–C) groups is 1. The molecule has 9 heteroatoms. The number of amides is 3. The zero-order valence-electron chi connectivity index (χ0n) is 14.3. The highest BCUT2D eigenvalue weighted by molar-refractivity contribution is 5.95. The second-order valence-electron chi connectivity index (χ2n) is 5.38. The van der Waals surface area contributed by atoms with Crippen LogP contribution in [0.2, 0.25) is 0 Å². The lowest BCUT2D eigenvalue weighted by Crippen LogP contribution is -2.43. The molecule has 0 spiro atoms. The zero-order chi connectivity index (χ0) is 18.7. The van der Waals surface area contributed by atoms with Gasteiger partial charge in [-0.2, -0.15) is 0 Å². The lowest BCUT2D eigenvalue weighted by molar-refractivity contribution is -0.122. The topological polar surface area (TPSA) is 155 Å². The Morgan fingerprint density at radius 3 is 2.56 bits per heavy atom. The Hall–Kier alpha value is -2.81. The summed E-state index contributed by atoms with van der Waals surface area (Å²) in [5.74, 6) is -0.0601. The van der Waals surface area contributed by atoms with Crippen LogP contribution in [0.1, 0.15) is 25.3 Å². The minimum Gasteiger partial charge on any atom is -0.508 e. The summed E-state index contributed by atoms with van der Waals surface area (Å²) in [6, 6.07) is 5.50. The van der Waals surface area contributed by atoms with Gasteiger partial charge < -0.3 is 27.2 Å². The summed E-state index contributed by atoms with van der Waals surface area (Å²) in [6.07, 6.45) is 1.00. The molecule has 0 saturated carbocycles. The van der Waals surface area contributed by atoms with Gasteiger partial charge in [-0.15, -0.1) is 0 Å². The minimum atomic E-state index is -0.648. The Kier molecular flexibility index (Phi) is 8.80. The normalized spacial score (nSPS) is 12.3. The van der Waals surface area contributed by atoms with Crippen LogP contribution in [-0.2, 0) is 11.3 Å². The number of nitrogens with zero attached hydrogens (tertiary/aromatic N) is 1. The van der Waals surface area contributed by atoms with Crippen LogP contribution in [0.3, 0.4) is 0 Å². The van der Waals surface area contributed by atoms with E-state index < -0.39 is 12.1 Å². The van der Waals surface area contributed by atoms with Gasteiger partial charge in [0.15, 0.2) is 5.96 Å². The Bertz CT molecular complexity index is 588. The van der Waals surface area contributed by atoms with Crippen LogP contribution in [0, 0.1) is 0 Å². The summed E-state index contributed by atoms with van der Waals surface area (Å²) >= 11 is 0. The molecule has 25 heavy (non-hydrogen) atoms. The van der Waals surface area contributed by atoms with Crippen LogP contribution in [0.4, 0.5) is 4.79 Å². The second-order valence-corrected chi connectivity index (χ2v) is 5.38. The molecule has 0 fully saturated rings. The molecule has 0 radical (unpaired) electrons. The average molecular weight is 350 g/mol. The molecule has 0 unspecified atom stereocenters. The van der Waals surface area contributed by atoms with Crippen molar-refractivity contribution in [1.82, 2.24) is 16.0 Å². The number of nitrogens with two attached hydrogens (primary N) is 2. The number of guanidine groups is 1. The van der Waals surface area contributed by atoms with E-state index in [1.165, 1.54) is 0 Å². The number of phenols is 1. The Balaban J connectivity index is 2.24. The van der Waals surface area contributed by atoms with E-state index in [-0.39, 0.29) is 17.6 Å². The van der Waals surface area contributed by atoms with Gasteiger partial charge in [-0.3, -0.25) is 15.1 Å². The molecule has 0 heterocycles. The molecular formula is C16H26N6O3. The highest BCUT2D eigenvalue weighted by atomic mass is 16.3. The molecule has 8 N–H and O–H groups in total. The van der Waals surface area contributed by atoms with E-state index in [4.69, 9.17) is 11.5 Å². The minimum absolute atomic E-state index is 0.0244. The van der Waals surface area contributed by atoms with E-state index in [0.29, 0.717) is 32.5 Å². The highest BCUT2D eigenvalue weighted by Crippen LogP contribution is 2.09. The number of carbonyl (C=O) groups is 2. The highest BCUT2D eigenvalue weighted by Gasteiger charge is 2.12. The van der Waals surface area contributed by atoms with Crippen molar-refractivity contribution >= 4 is 17.9 Å². The van der Waals surface area contributed by atoms with Gasteiger partial charge in [0.1, 0.15) is 5.75 Å². The largest absolute Gasteiger partial charge is 0.508 e. The van der Waals surface area contributed by atoms with Crippen LogP contribution in [0.5, 0.6) is 5.75 Å². The molecule has 1 aromatic rings. The molecule has 1 atom stereocenters. The Morgan fingerprint density at radius 2 is 1.92 bits per heavy atom. The number of phenolic OH excluding ortho intramolecular Hbond substituents is 1. The molecule has 0 aliphatic rings. The van der Waals surface area contributed by atoms with Crippen molar-refractivity contribution in [2.45, 2.75) is 32.4 Å². The van der Waals surface area contributed by atoms with E-state index in [9.17, 15) is 14.7 Å². The van der Waals surface area contributed by atoms with E-state index in [1.54, 1.807) is 31.2 Å². The fraction of sp³-hybridized carbons (Fsp3) is 0.438. The SMILES string of the molecule is CCNC(=O)NC(N)=NCCC[C@@H](N)C(=O)NCc1ccc(O)cc1. The molecule has 0 saturated heterocycles. The van der Waals surface area contributed by atoms with Gasteiger partial charge in [0.25, 0.3) is 0 Å². The Morgan fingerprint density at radius 1 is 1.24 bits per heavy atom. The molecule has 138 valence electrons. The van der Waals surface area contributed by atoms with E-state index in [2.05, 4.69) is 20.9 Å². The third-order valence-electron chi connectivity index (χ3n) is 3.27. The standard InChI is InChI=1S/C16H26N6O3/c1-2-19-16(25)22-15(18)20-9-3-4-13(17)14(24)21-10-11-5-7-12(23)8-6-11/h5-8,13,23H,2-4,9-10,17H2,1H3,(H,21,24)(H4,18,19,20,22,25)/t13-/m1/s1. The molecule has 1 rings (SSSR count). The van der Waals surface area contributed by atoms with Gasteiger partial charge in [-0.05, 0) is 37.5 Å². The van der Waals surface area contributed by atoms with Gasteiger partial charge in [0.05, 0.1) is 6.04 Å². The Labute approximate surface area is 146 Å². The van der Waals surface area contributed by atoms with Gasteiger partial charge in [0.2, 0.25) is 5.91 Å². The van der Waals surface area contributed by atoms with Crippen LogP contribution in [-0.4, -0.2) is 42.1 Å². The number of nitrogens with one attached hydrogen (secondary N) is 3. The van der Waals surface area contributed by atoms with Crippen molar-refractivity contribution < 1.29 is 14.7 Å². The first-order valence-electron chi connectivity index (χ1n) is 8.08. The molecule has 0 bridgehead atoms. The smallest absolute Gasteiger partial charge is 0.321 e. The third kappa shape index (κ3) is 8.56. The van der Waals surface area contributed by atoms with Crippen LogP contribution in [0.25, 0.3) is 0 Å². The first-order chi connectivity index (χ1) is 11.9. The molecule has 9 nitrogen and oxygen atoms in total. The maximum atomic E-state index is 11.9. The lowest BCUT2D eigenvalue weighted by Gasteiger charge is -2.12. The predicted molar refractivity (Wildman–Crippen MR) is 95.9 cm³/mol. The molecule has 0 aromatic heterocycles. The van der Waals surface area contributed by atoms with Crippen LogP contribution >= 0.6 is 0 Å². The van der Waals surface area contributed by atoms with Crippen LogP contribution in [0.15, 0.2) is 29.3 Å². The molecular weight excluding hydrogens is 324 g/mol. The second kappa shape index (κ2) is 10.9. The quantitative estimate of drug-likeness (QED) is 0.217. The van der Waals surface area contributed by atoms with E-state index in [0.717, 1.165) is 5.56 Å². The fourth-order valence-corrected chi connectivity index (χ4v) is 1.94. The summed E-state index contributed by atoms with van der Waals surface area (Å²) in [5, 5.41) is 16.9. The molecule has 0 aliphatic heterocycles. The maximum Gasteiger partial charge on any atom is 0.321 e. The number of urea groups is 1. The van der Waals surface area contributed by atoms with Crippen molar-refractivity contribution in [3.8, 4) is 5.75 Å². The van der Waals surface area contributed by atoms with Gasteiger partial charge in [-0.25, -0.2) is 4.79 Å². The predicted octanol–water partition coefficient (Wildman–Crippen LogP) is -0.250. The monoisotopic (exact) mass is 350 g/mol. The summed E-state index contributed by atoms with van der Waals surface area (Å²) in [4.78, 5) is 27.1. The van der Waals surface area contributed by atoms with Crippen LogP contribution < -0.4 is 27.4 Å². The summed E-state index contributed by atoms with van der Waals surface area (Å²) in [7, 11) is 0. The first kappa shape index (κ1) is 20.2. The van der Waals surface area contributed by atoms with Crippen molar-refractivity contribution in [1.29, 1.82) is 0 Å². The van der Waals surface area contributed by atoms with Crippen molar-refractivity contribution in [2.75, 3.05) is 13.1 Å². The summed E-state index contributed by atoms with van der Waals surface area (Å²) < 4.78 is 0. The lowest BCUT2D eigenvalue weighted by atomic mass is 10.1.